The number of likely N-dealkylation sites (tertiary alicyclic amines) is 1. The van der Waals surface area contributed by atoms with Crippen LogP contribution in [0.4, 0.5) is 5.69 Å². The largest absolute Gasteiger partial charge is 0.470 e. The van der Waals surface area contributed by atoms with E-state index in [1.165, 1.54) is 18.2 Å². The van der Waals surface area contributed by atoms with Crippen molar-refractivity contribution in [1.82, 2.24) is 9.88 Å². The number of amides is 1. The summed E-state index contributed by atoms with van der Waals surface area (Å²) in [4.78, 5) is 28.2. The van der Waals surface area contributed by atoms with Gasteiger partial charge in [0.2, 0.25) is 5.88 Å². The summed E-state index contributed by atoms with van der Waals surface area (Å²) in [5.74, 6) is 0.244. The fourth-order valence-electron chi connectivity index (χ4n) is 2.23. The Hall–Kier alpha value is -2.48. The summed E-state index contributed by atoms with van der Waals surface area (Å²) in [6.45, 7) is 0.842. The van der Waals surface area contributed by atoms with E-state index in [2.05, 4.69) is 20.9 Å². The number of hydrogen-bond acceptors (Lipinski definition) is 5. The molecule has 1 aliphatic rings. The molecule has 118 valence electrons. The maximum atomic E-state index is 12.3. The zero-order chi connectivity index (χ0) is 16.4. The summed E-state index contributed by atoms with van der Waals surface area (Å²) in [6.07, 6.45) is 1.49. The summed E-state index contributed by atoms with van der Waals surface area (Å²) in [5.41, 5.74) is 0.207. The Labute approximate surface area is 140 Å². The number of hydrogen-bond donors (Lipinski definition) is 0. The second-order valence-corrected chi connectivity index (χ2v) is 5.90. The first-order chi connectivity index (χ1) is 11.0. The number of non-ortho nitro benzene ring substituents is 1. The molecule has 0 unspecified atom stereocenters. The van der Waals surface area contributed by atoms with Gasteiger partial charge in [-0.3, -0.25) is 14.9 Å². The zero-order valence-electron chi connectivity index (χ0n) is 11.9. The molecule has 0 bridgehead atoms. The van der Waals surface area contributed by atoms with Crippen LogP contribution in [0.3, 0.4) is 0 Å². The second-order valence-electron chi connectivity index (χ2n) is 5.05. The van der Waals surface area contributed by atoms with Crippen LogP contribution in [0.15, 0.2) is 47.1 Å². The van der Waals surface area contributed by atoms with Gasteiger partial charge in [-0.1, -0.05) is 6.07 Å². The van der Waals surface area contributed by atoms with E-state index in [0.29, 0.717) is 24.5 Å². The molecule has 3 rings (SSSR count). The third kappa shape index (κ3) is 3.31. The molecule has 2 aromatic rings. The summed E-state index contributed by atoms with van der Waals surface area (Å²) in [5, 5.41) is 10.8. The van der Waals surface area contributed by atoms with E-state index in [1.54, 1.807) is 23.2 Å². The molecule has 0 atom stereocenters. The van der Waals surface area contributed by atoms with Crippen LogP contribution in [0, 0.1) is 10.1 Å². The quantitative estimate of drug-likeness (QED) is 0.603. The predicted molar refractivity (Wildman–Crippen MR) is 85.4 cm³/mol. The molecule has 1 amide bonds. The summed E-state index contributed by atoms with van der Waals surface area (Å²) in [6, 6.07) is 9.33. The van der Waals surface area contributed by atoms with Crippen LogP contribution in [0.25, 0.3) is 0 Å². The number of benzene rings is 1. The van der Waals surface area contributed by atoms with Crippen molar-refractivity contribution in [2.45, 2.75) is 6.10 Å². The number of rotatable bonds is 4. The number of halogens is 1. The molecule has 1 aliphatic heterocycles. The van der Waals surface area contributed by atoms with Crippen LogP contribution in [-0.2, 0) is 0 Å². The van der Waals surface area contributed by atoms with Crippen molar-refractivity contribution in [1.29, 1.82) is 0 Å². The molecule has 0 spiro atoms. The number of carbonyl (C=O) groups is 1. The highest BCUT2D eigenvalue weighted by molar-refractivity contribution is 9.10. The molecular formula is C15H12BrN3O4. The van der Waals surface area contributed by atoms with E-state index in [9.17, 15) is 14.9 Å². The van der Waals surface area contributed by atoms with Gasteiger partial charge in [0, 0.05) is 23.9 Å². The lowest BCUT2D eigenvalue weighted by Crippen LogP contribution is -2.56. The molecular weight excluding hydrogens is 366 g/mol. The smallest absolute Gasteiger partial charge is 0.270 e. The van der Waals surface area contributed by atoms with E-state index in [-0.39, 0.29) is 17.7 Å². The van der Waals surface area contributed by atoms with Crippen molar-refractivity contribution in [2.24, 2.45) is 0 Å². The zero-order valence-corrected chi connectivity index (χ0v) is 13.5. The van der Waals surface area contributed by atoms with Crippen LogP contribution in [-0.4, -0.2) is 39.9 Å². The minimum atomic E-state index is -0.516. The Balaban J connectivity index is 1.61. The Morgan fingerprint density at radius 3 is 2.83 bits per heavy atom. The van der Waals surface area contributed by atoms with E-state index >= 15 is 0 Å². The molecule has 0 aliphatic carbocycles. The number of aromatic nitrogens is 1. The minimum absolute atomic E-state index is 0.0958. The SMILES string of the molecule is O=C(c1cccc([N+](=O)[O-])c1)N1CC(Oc2ncccc2Br)C1. The standard InChI is InChI=1S/C15H12BrN3O4/c16-13-5-2-6-17-14(13)23-12-8-18(9-12)15(20)10-3-1-4-11(7-10)19(21)22/h1-7,12H,8-9H2. The first kappa shape index (κ1) is 15.4. The van der Waals surface area contributed by atoms with Crippen molar-refractivity contribution < 1.29 is 14.5 Å². The third-order valence-corrected chi connectivity index (χ3v) is 4.05. The first-order valence-electron chi connectivity index (χ1n) is 6.85. The van der Waals surface area contributed by atoms with Gasteiger partial charge in [-0.05, 0) is 34.1 Å². The van der Waals surface area contributed by atoms with Crippen LogP contribution < -0.4 is 4.74 Å². The van der Waals surface area contributed by atoms with E-state index in [1.807, 2.05) is 6.07 Å². The van der Waals surface area contributed by atoms with Gasteiger partial charge in [0.25, 0.3) is 11.6 Å². The summed E-state index contributed by atoms with van der Waals surface area (Å²) < 4.78 is 6.45. The average Bonchev–Trinajstić information content (AvgIpc) is 2.51. The monoisotopic (exact) mass is 377 g/mol. The highest BCUT2D eigenvalue weighted by Crippen LogP contribution is 2.25. The van der Waals surface area contributed by atoms with Crippen molar-refractivity contribution in [2.75, 3.05) is 13.1 Å². The van der Waals surface area contributed by atoms with Crippen molar-refractivity contribution >= 4 is 27.5 Å². The minimum Gasteiger partial charge on any atom is -0.470 e. The molecule has 7 nitrogen and oxygen atoms in total. The molecule has 8 heteroatoms. The van der Waals surface area contributed by atoms with Crippen molar-refractivity contribution in [3.8, 4) is 5.88 Å². The number of carbonyl (C=O) groups excluding carboxylic acids is 1. The second kappa shape index (κ2) is 6.33. The molecule has 0 saturated carbocycles. The van der Waals surface area contributed by atoms with Gasteiger partial charge >= 0.3 is 0 Å². The summed E-state index contributed by atoms with van der Waals surface area (Å²) in [7, 11) is 0. The van der Waals surface area contributed by atoms with Gasteiger partial charge in [-0.25, -0.2) is 4.98 Å². The molecule has 0 N–H and O–H groups in total. The number of pyridine rings is 1. The van der Waals surface area contributed by atoms with Crippen molar-refractivity contribution in [3.63, 3.8) is 0 Å². The predicted octanol–water partition coefficient (Wildman–Crippen LogP) is 2.66. The number of ether oxygens (including phenoxy) is 1. The Morgan fingerprint density at radius 1 is 1.35 bits per heavy atom. The van der Waals surface area contributed by atoms with Gasteiger partial charge in [0.05, 0.1) is 22.5 Å². The maximum Gasteiger partial charge on any atom is 0.270 e. The van der Waals surface area contributed by atoms with Crippen molar-refractivity contribution in [3.05, 3.63) is 62.7 Å². The molecule has 23 heavy (non-hydrogen) atoms. The highest BCUT2D eigenvalue weighted by Gasteiger charge is 2.33. The Morgan fingerprint density at radius 2 is 2.13 bits per heavy atom. The van der Waals surface area contributed by atoms with Gasteiger partial charge in [-0.15, -0.1) is 0 Å². The maximum absolute atomic E-state index is 12.3. The molecule has 1 fully saturated rings. The van der Waals surface area contributed by atoms with Gasteiger partial charge in [0.15, 0.2) is 0 Å². The van der Waals surface area contributed by atoms with Crippen LogP contribution in [0.2, 0.25) is 0 Å². The van der Waals surface area contributed by atoms with Crippen LogP contribution in [0.1, 0.15) is 10.4 Å². The normalized spacial score (nSPS) is 14.2. The molecule has 1 saturated heterocycles. The Kier molecular flexibility index (Phi) is 4.24. The van der Waals surface area contributed by atoms with Gasteiger partial charge in [0.1, 0.15) is 6.10 Å². The summed E-state index contributed by atoms with van der Waals surface area (Å²) >= 11 is 3.35. The third-order valence-electron chi connectivity index (χ3n) is 3.44. The number of nitro groups is 1. The lowest BCUT2D eigenvalue weighted by Gasteiger charge is -2.38. The topological polar surface area (TPSA) is 85.6 Å². The Bertz CT molecular complexity index is 762. The lowest BCUT2D eigenvalue weighted by molar-refractivity contribution is -0.384. The van der Waals surface area contributed by atoms with Gasteiger partial charge < -0.3 is 9.64 Å². The van der Waals surface area contributed by atoms with E-state index in [4.69, 9.17) is 4.74 Å². The van der Waals surface area contributed by atoms with E-state index in [0.717, 1.165) is 4.47 Å². The lowest BCUT2D eigenvalue weighted by atomic mass is 10.1. The number of nitro benzene ring substituents is 1. The fourth-order valence-corrected chi connectivity index (χ4v) is 2.58. The van der Waals surface area contributed by atoms with Crippen LogP contribution in [0.5, 0.6) is 5.88 Å². The average molecular weight is 378 g/mol. The fraction of sp³-hybridized carbons (Fsp3) is 0.200. The first-order valence-corrected chi connectivity index (χ1v) is 7.65. The molecule has 1 aromatic carbocycles. The van der Waals surface area contributed by atoms with Crippen LogP contribution >= 0.6 is 15.9 Å². The molecule has 0 radical (unpaired) electrons. The molecule has 2 heterocycles. The van der Waals surface area contributed by atoms with Gasteiger partial charge in [-0.2, -0.15) is 0 Å². The molecule has 1 aromatic heterocycles. The van der Waals surface area contributed by atoms with E-state index < -0.39 is 4.92 Å². The highest BCUT2D eigenvalue weighted by atomic mass is 79.9. The number of nitrogens with zero attached hydrogens (tertiary/aromatic N) is 3.